The molecule has 0 saturated heterocycles. The average Bonchev–Trinajstić information content (AvgIpc) is 2.76. The summed E-state index contributed by atoms with van der Waals surface area (Å²) in [4.78, 5) is 0. The second-order valence-corrected chi connectivity index (χ2v) is 12.4. The Labute approximate surface area is 164 Å². The molecule has 0 radical (unpaired) electrons. The molecule has 3 heteroatoms. The molecule has 0 amide bonds. The predicted molar refractivity (Wildman–Crippen MR) is 112 cm³/mol. The summed E-state index contributed by atoms with van der Waals surface area (Å²) in [5.74, 6) is 1.64. The number of benzene rings is 4. The Morgan fingerprint density at radius 3 is 1.00 bits per heavy atom. The molecule has 4 aromatic carbocycles. The van der Waals surface area contributed by atoms with Crippen molar-refractivity contribution in [1.29, 1.82) is 0 Å². The maximum absolute atomic E-state index is 6.75. The summed E-state index contributed by atoms with van der Waals surface area (Å²) in [5, 5.41) is 0. The molecular formula is C24H20O2Te. The molecule has 0 unspecified atom stereocenters. The van der Waals surface area contributed by atoms with E-state index in [-0.39, 0.29) is 0 Å². The van der Waals surface area contributed by atoms with E-state index in [1.807, 2.05) is 97.1 Å². The second kappa shape index (κ2) is 8.31. The van der Waals surface area contributed by atoms with E-state index in [1.54, 1.807) is 0 Å². The van der Waals surface area contributed by atoms with Crippen molar-refractivity contribution in [2.75, 3.05) is 0 Å². The van der Waals surface area contributed by atoms with Crippen LogP contribution < -0.4 is 13.4 Å². The van der Waals surface area contributed by atoms with E-state index >= 15 is 0 Å². The number of hydrogen-bond acceptors (Lipinski definition) is 2. The van der Waals surface area contributed by atoms with Gasteiger partial charge in [-0.15, -0.1) is 0 Å². The molecule has 0 saturated carbocycles. The first-order valence-electron chi connectivity index (χ1n) is 8.79. The minimum absolute atomic E-state index is 0.822. The van der Waals surface area contributed by atoms with Gasteiger partial charge >= 0.3 is 165 Å². The van der Waals surface area contributed by atoms with Gasteiger partial charge in [-0.25, -0.2) is 0 Å². The van der Waals surface area contributed by atoms with Crippen LogP contribution in [0.4, 0.5) is 0 Å². The molecule has 134 valence electrons. The number of hydrogen-bond donors (Lipinski definition) is 0. The summed E-state index contributed by atoms with van der Waals surface area (Å²) in [6.07, 6.45) is 0. The van der Waals surface area contributed by atoms with Crippen LogP contribution in [0, 0.1) is 0 Å². The van der Waals surface area contributed by atoms with Crippen molar-refractivity contribution >= 4 is 26.2 Å². The molecule has 4 aromatic rings. The Hall–Kier alpha value is -2.73. The fourth-order valence-corrected chi connectivity index (χ4v) is 9.86. The molecule has 27 heavy (non-hydrogen) atoms. The van der Waals surface area contributed by atoms with E-state index in [9.17, 15) is 0 Å². The zero-order chi connectivity index (χ0) is 18.4. The van der Waals surface area contributed by atoms with Crippen molar-refractivity contribution < 1.29 is 6.20 Å². The van der Waals surface area contributed by atoms with Gasteiger partial charge in [0.25, 0.3) is 0 Å². The van der Waals surface area contributed by atoms with Crippen molar-refractivity contribution in [2.45, 2.75) is 0 Å². The molecule has 4 rings (SSSR count). The van der Waals surface area contributed by atoms with E-state index in [4.69, 9.17) is 6.20 Å². The molecule has 0 fully saturated rings. The van der Waals surface area contributed by atoms with Crippen LogP contribution in [0.15, 0.2) is 121 Å². The molecule has 0 aliphatic heterocycles. The van der Waals surface area contributed by atoms with Crippen LogP contribution in [-0.2, 0) is 0 Å². The van der Waals surface area contributed by atoms with Crippen LogP contribution in [0.2, 0.25) is 0 Å². The van der Waals surface area contributed by atoms with Gasteiger partial charge in [-0.3, -0.25) is 0 Å². The van der Waals surface area contributed by atoms with Crippen molar-refractivity contribution in [3.05, 3.63) is 121 Å². The molecule has 0 atom stereocenters. The third-order valence-electron chi connectivity index (χ3n) is 4.02. The summed E-state index contributed by atoms with van der Waals surface area (Å²) in [6.45, 7) is 0. The average molecular weight is 468 g/mol. The van der Waals surface area contributed by atoms with Crippen LogP contribution in [0.5, 0.6) is 11.5 Å². The van der Waals surface area contributed by atoms with Crippen LogP contribution in [-0.4, -0.2) is 19.0 Å². The van der Waals surface area contributed by atoms with Gasteiger partial charge in [-0.2, -0.15) is 0 Å². The van der Waals surface area contributed by atoms with Gasteiger partial charge in [0.2, 0.25) is 0 Å². The number of rotatable bonds is 6. The third-order valence-corrected chi connectivity index (χ3v) is 11.6. The van der Waals surface area contributed by atoms with E-state index in [0.29, 0.717) is 0 Å². The van der Waals surface area contributed by atoms with Crippen LogP contribution in [0.25, 0.3) is 0 Å². The van der Waals surface area contributed by atoms with Crippen molar-refractivity contribution in [3.8, 4) is 11.5 Å². The maximum atomic E-state index is 6.75. The van der Waals surface area contributed by atoms with Gasteiger partial charge in [-0.1, -0.05) is 0 Å². The topological polar surface area (TPSA) is 18.5 Å². The molecule has 0 aliphatic rings. The van der Waals surface area contributed by atoms with Crippen molar-refractivity contribution in [3.63, 3.8) is 0 Å². The SMILES string of the molecule is c1ccc(O[Te](Oc2ccccc2)(c2ccccc2)c2ccccc2)cc1. The first-order valence-corrected chi connectivity index (χ1v) is 13.0. The summed E-state index contributed by atoms with van der Waals surface area (Å²) in [5.41, 5.74) is 0. The van der Waals surface area contributed by atoms with E-state index in [0.717, 1.165) is 18.7 Å². The molecule has 0 N–H and O–H groups in total. The summed E-state index contributed by atoms with van der Waals surface area (Å²) < 4.78 is 15.7. The summed E-state index contributed by atoms with van der Waals surface area (Å²) >= 11 is -3.74. The normalized spacial score (nSPS) is 11.6. The van der Waals surface area contributed by atoms with E-state index < -0.39 is 19.0 Å². The Balaban J connectivity index is 1.90. The number of para-hydroxylation sites is 2. The second-order valence-electron chi connectivity index (χ2n) is 5.92. The fourth-order valence-electron chi connectivity index (χ4n) is 2.77. The van der Waals surface area contributed by atoms with E-state index in [2.05, 4.69) is 24.3 Å². The summed E-state index contributed by atoms with van der Waals surface area (Å²) in [7, 11) is 0. The van der Waals surface area contributed by atoms with Crippen LogP contribution in [0.3, 0.4) is 0 Å². The van der Waals surface area contributed by atoms with E-state index in [1.165, 1.54) is 0 Å². The zero-order valence-corrected chi connectivity index (χ0v) is 17.1. The van der Waals surface area contributed by atoms with Crippen LogP contribution >= 0.6 is 0 Å². The molecular weight excluding hydrogens is 448 g/mol. The summed E-state index contributed by atoms with van der Waals surface area (Å²) in [6, 6.07) is 40.5. The van der Waals surface area contributed by atoms with Gasteiger partial charge in [0.1, 0.15) is 0 Å². The molecule has 0 heterocycles. The first-order chi connectivity index (χ1) is 13.4. The van der Waals surface area contributed by atoms with Gasteiger partial charge in [0.05, 0.1) is 0 Å². The molecule has 0 aliphatic carbocycles. The zero-order valence-electron chi connectivity index (χ0n) is 14.8. The molecule has 0 aromatic heterocycles. The van der Waals surface area contributed by atoms with Gasteiger partial charge in [0, 0.05) is 0 Å². The monoisotopic (exact) mass is 470 g/mol. The Kier molecular flexibility index (Phi) is 5.44. The van der Waals surface area contributed by atoms with Gasteiger partial charge in [-0.05, 0) is 0 Å². The Bertz CT molecular complexity index is 875. The third kappa shape index (κ3) is 4.00. The minimum atomic E-state index is -3.74. The molecule has 2 nitrogen and oxygen atoms in total. The molecule has 0 bridgehead atoms. The molecule has 0 spiro atoms. The van der Waals surface area contributed by atoms with Crippen molar-refractivity contribution in [2.24, 2.45) is 0 Å². The Morgan fingerprint density at radius 1 is 0.370 bits per heavy atom. The quantitative estimate of drug-likeness (QED) is 0.391. The van der Waals surface area contributed by atoms with Gasteiger partial charge in [0.15, 0.2) is 0 Å². The standard InChI is InChI=1S/C24H20O2Te/c1-5-13-21(14-6-1)25-27(23-17-9-3-10-18-23,24-19-11-4-12-20-24)26-22-15-7-2-8-16-22/h1-20H. The first kappa shape index (κ1) is 17.7. The Morgan fingerprint density at radius 2 is 0.667 bits per heavy atom. The predicted octanol–water partition coefficient (Wildman–Crippen LogP) is 4.40. The van der Waals surface area contributed by atoms with Crippen molar-refractivity contribution in [1.82, 2.24) is 0 Å². The van der Waals surface area contributed by atoms with Crippen LogP contribution in [0.1, 0.15) is 0 Å². The fraction of sp³-hybridized carbons (Fsp3) is 0. The van der Waals surface area contributed by atoms with Gasteiger partial charge < -0.3 is 0 Å².